The summed E-state index contributed by atoms with van der Waals surface area (Å²) in [6, 6.07) is 2.00. The first-order valence-corrected chi connectivity index (χ1v) is 8.98. The molecule has 1 amide bonds. The van der Waals surface area contributed by atoms with E-state index in [9.17, 15) is 4.79 Å². The lowest BCUT2D eigenvalue weighted by Crippen LogP contribution is -2.12. The minimum atomic E-state index is -0.225. The molecule has 0 saturated heterocycles. The molecule has 0 spiro atoms. The number of carbonyl (C=O) groups excluding carboxylic acids is 1. The molecule has 0 saturated carbocycles. The average molecular weight is 386 g/mol. The Hall–Kier alpha value is -1.09. The van der Waals surface area contributed by atoms with Gasteiger partial charge in [-0.2, -0.15) is 0 Å². The number of carbonyl (C=O) groups is 1. The van der Waals surface area contributed by atoms with E-state index >= 15 is 0 Å². The second-order valence-electron chi connectivity index (χ2n) is 3.92. The van der Waals surface area contributed by atoms with Crippen molar-refractivity contribution in [2.75, 3.05) is 5.32 Å². The SMILES string of the molecule is Cc1csc(NC(=O)c2csc(-c3cc(Br)cs3)n2)n1. The van der Waals surface area contributed by atoms with Gasteiger partial charge in [-0.1, -0.05) is 0 Å². The van der Waals surface area contributed by atoms with Gasteiger partial charge in [-0.25, -0.2) is 9.97 Å². The average Bonchev–Trinajstić information content (AvgIpc) is 3.10. The Morgan fingerprint density at radius 2 is 2.05 bits per heavy atom. The molecule has 3 aromatic heterocycles. The smallest absolute Gasteiger partial charge is 0.276 e. The van der Waals surface area contributed by atoms with Crippen LogP contribution in [0, 0.1) is 6.92 Å². The molecule has 20 heavy (non-hydrogen) atoms. The van der Waals surface area contributed by atoms with Gasteiger partial charge >= 0.3 is 0 Å². The topological polar surface area (TPSA) is 54.9 Å². The summed E-state index contributed by atoms with van der Waals surface area (Å²) >= 11 is 7.88. The molecule has 8 heteroatoms. The molecule has 102 valence electrons. The van der Waals surface area contributed by atoms with Gasteiger partial charge in [-0.3, -0.25) is 10.1 Å². The highest BCUT2D eigenvalue weighted by atomic mass is 79.9. The number of nitrogens with zero attached hydrogens (tertiary/aromatic N) is 2. The molecule has 4 nitrogen and oxygen atoms in total. The molecule has 3 aromatic rings. The third-order valence-electron chi connectivity index (χ3n) is 2.35. The van der Waals surface area contributed by atoms with Crippen molar-refractivity contribution < 1.29 is 4.79 Å². The summed E-state index contributed by atoms with van der Waals surface area (Å²) in [5.74, 6) is -0.225. The molecule has 0 atom stereocenters. The lowest BCUT2D eigenvalue weighted by Gasteiger charge is -1.96. The first-order chi connectivity index (χ1) is 9.61. The Kier molecular flexibility index (Phi) is 3.97. The van der Waals surface area contributed by atoms with Gasteiger partial charge in [0, 0.05) is 20.6 Å². The summed E-state index contributed by atoms with van der Waals surface area (Å²) < 4.78 is 1.02. The molecule has 0 aliphatic heterocycles. The van der Waals surface area contributed by atoms with Crippen LogP contribution in [0.15, 0.2) is 26.7 Å². The molecular formula is C12H8BrN3OS3. The maximum absolute atomic E-state index is 12.1. The monoisotopic (exact) mass is 385 g/mol. The quantitative estimate of drug-likeness (QED) is 0.713. The number of thiophene rings is 1. The molecule has 3 rings (SSSR count). The fraction of sp³-hybridized carbons (Fsp3) is 0.0833. The molecule has 0 bridgehead atoms. The molecule has 0 radical (unpaired) electrons. The van der Waals surface area contributed by atoms with Crippen molar-refractivity contribution >= 4 is 61.0 Å². The Bertz CT molecular complexity index is 761. The number of aromatic nitrogens is 2. The summed E-state index contributed by atoms with van der Waals surface area (Å²) in [6.07, 6.45) is 0. The van der Waals surface area contributed by atoms with E-state index < -0.39 is 0 Å². The van der Waals surface area contributed by atoms with Crippen LogP contribution >= 0.6 is 49.9 Å². The summed E-state index contributed by atoms with van der Waals surface area (Å²) in [7, 11) is 0. The van der Waals surface area contributed by atoms with Gasteiger partial charge < -0.3 is 0 Å². The molecule has 3 heterocycles. The van der Waals surface area contributed by atoms with Crippen molar-refractivity contribution in [2.24, 2.45) is 0 Å². The second-order valence-corrected chi connectivity index (χ2v) is 7.46. The summed E-state index contributed by atoms with van der Waals surface area (Å²) in [5.41, 5.74) is 1.31. The van der Waals surface area contributed by atoms with E-state index in [1.165, 1.54) is 22.7 Å². The van der Waals surface area contributed by atoms with Crippen LogP contribution in [0.1, 0.15) is 16.2 Å². The minimum Gasteiger partial charge on any atom is -0.296 e. The summed E-state index contributed by atoms with van der Waals surface area (Å²) in [6.45, 7) is 1.89. The third kappa shape index (κ3) is 2.98. The van der Waals surface area contributed by atoms with Crippen molar-refractivity contribution in [2.45, 2.75) is 6.92 Å². The highest BCUT2D eigenvalue weighted by molar-refractivity contribution is 9.10. The zero-order chi connectivity index (χ0) is 14.1. The van der Waals surface area contributed by atoms with Crippen LogP contribution in [-0.2, 0) is 0 Å². The largest absolute Gasteiger partial charge is 0.296 e. The van der Waals surface area contributed by atoms with E-state index in [0.29, 0.717) is 10.8 Å². The lowest BCUT2D eigenvalue weighted by atomic mass is 10.4. The maximum Gasteiger partial charge on any atom is 0.276 e. The van der Waals surface area contributed by atoms with Crippen molar-refractivity contribution in [3.05, 3.63) is 38.1 Å². The van der Waals surface area contributed by atoms with E-state index in [4.69, 9.17) is 0 Å². The number of anilines is 1. The van der Waals surface area contributed by atoms with E-state index in [0.717, 1.165) is 20.1 Å². The van der Waals surface area contributed by atoms with E-state index in [2.05, 4.69) is 31.2 Å². The predicted molar refractivity (Wildman–Crippen MR) is 87.9 cm³/mol. The van der Waals surface area contributed by atoms with Gasteiger partial charge in [-0.15, -0.1) is 34.0 Å². The van der Waals surface area contributed by atoms with Crippen LogP contribution < -0.4 is 5.32 Å². The standard InChI is InChI=1S/C12H8BrN3OS3/c1-6-3-20-12(14-6)16-10(17)8-5-19-11(15-8)9-2-7(13)4-18-9/h2-5H,1H3,(H,14,16,17). The Morgan fingerprint density at radius 3 is 2.70 bits per heavy atom. The number of amides is 1. The number of nitrogens with one attached hydrogen (secondary N) is 1. The van der Waals surface area contributed by atoms with Gasteiger partial charge in [0.1, 0.15) is 10.7 Å². The molecular weight excluding hydrogens is 378 g/mol. The fourth-order valence-corrected chi connectivity index (χ4v) is 4.48. The highest BCUT2D eigenvalue weighted by Gasteiger charge is 2.14. The van der Waals surface area contributed by atoms with E-state index in [-0.39, 0.29) is 5.91 Å². The molecule has 0 aliphatic carbocycles. The molecule has 0 fully saturated rings. The van der Waals surface area contributed by atoms with Crippen LogP contribution in [0.5, 0.6) is 0 Å². The Morgan fingerprint density at radius 1 is 1.20 bits per heavy atom. The Labute approximate surface area is 135 Å². The molecule has 0 unspecified atom stereocenters. The van der Waals surface area contributed by atoms with Crippen molar-refractivity contribution in [1.29, 1.82) is 0 Å². The Balaban J connectivity index is 1.78. The van der Waals surface area contributed by atoms with Gasteiger partial charge in [0.15, 0.2) is 5.13 Å². The predicted octanol–water partition coefficient (Wildman–Crippen LogP) is 4.65. The molecule has 1 N–H and O–H groups in total. The zero-order valence-electron chi connectivity index (χ0n) is 10.2. The second kappa shape index (κ2) is 5.72. The van der Waals surface area contributed by atoms with Gasteiger partial charge in [0.05, 0.1) is 10.6 Å². The van der Waals surface area contributed by atoms with E-state index in [1.807, 2.05) is 23.8 Å². The normalized spacial score (nSPS) is 10.7. The van der Waals surface area contributed by atoms with Crippen LogP contribution in [0.2, 0.25) is 0 Å². The van der Waals surface area contributed by atoms with Crippen molar-refractivity contribution in [3.63, 3.8) is 0 Å². The maximum atomic E-state index is 12.1. The fourth-order valence-electron chi connectivity index (χ4n) is 1.49. The van der Waals surface area contributed by atoms with E-state index in [1.54, 1.807) is 16.7 Å². The number of rotatable bonds is 3. The first kappa shape index (κ1) is 13.9. The highest BCUT2D eigenvalue weighted by Crippen LogP contribution is 2.32. The summed E-state index contributed by atoms with van der Waals surface area (Å²) in [4.78, 5) is 21.7. The third-order valence-corrected chi connectivity index (χ3v) is 5.93. The number of halogens is 1. The van der Waals surface area contributed by atoms with Crippen LogP contribution in [0.4, 0.5) is 5.13 Å². The first-order valence-electron chi connectivity index (χ1n) is 5.55. The number of thiazole rings is 2. The number of hydrogen-bond donors (Lipinski definition) is 1. The van der Waals surface area contributed by atoms with Crippen molar-refractivity contribution in [1.82, 2.24) is 9.97 Å². The number of aryl methyl sites for hydroxylation is 1. The van der Waals surface area contributed by atoms with Crippen molar-refractivity contribution in [3.8, 4) is 9.88 Å². The van der Waals surface area contributed by atoms with Crippen LogP contribution in [0.3, 0.4) is 0 Å². The van der Waals surface area contributed by atoms with Gasteiger partial charge in [0.2, 0.25) is 0 Å². The molecule has 0 aliphatic rings. The zero-order valence-corrected chi connectivity index (χ0v) is 14.3. The number of hydrogen-bond acceptors (Lipinski definition) is 6. The van der Waals surface area contributed by atoms with Gasteiger partial charge in [-0.05, 0) is 28.9 Å². The summed E-state index contributed by atoms with van der Waals surface area (Å²) in [5, 5.41) is 9.85. The molecule has 0 aromatic carbocycles. The minimum absolute atomic E-state index is 0.225. The van der Waals surface area contributed by atoms with Crippen LogP contribution in [0.25, 0.3) is 9.88 Å². The lowest BCUT2D eigenvalue weighted by molar-refractivity contribution is 0.102. The van der Waals surface area contributed by atoms with Crippen LogP contribution in [-0.4, -0.2) is 15.9 Å². The van der Waals surface area contributed by atoms with Gasteiger partial charge in [0.25, 0.3) is 5.91 Å².